The van der Waals surface area contributed by atoms with Crippen molar-refractivity contribution in [2.24, 2.45) is 0 Å². The van der Waals surface area contributed by atoms with Gasteiger partial charge in [-0.15, -0.1) is 0 Å². The Kier molecular flexibility index (Phi) is 3.50. The number of hydrogen-bond donors (Lipinski definition) is 0. The first-order valence-corrected chi connectivity index (χ1v) is 6.57. The smallest absolute Gasteiger partial charge is 0.112 e. The van der Waals surface area contributed by atoms with Crippen LogP contribution in [0.2, 0.25) is 0 Å². The summed E-state index contributed by atoms with van der Waals surface area (Å²) in [5.41, 5.74) is 6.91. The van der Waals surface area contributed by atoms with E-state index < -0.39 is 0 Å². The molecular formula is C15H21N3. The van der Waals surface area contributed by atoms with Crippen molar-refractivity contribution in [1.82, 2.24) is 14.8 Å². The molecule has 2 aromatic rings. The number of fused-ring (bicyclic) bond motifs is 1. The first-order chi connectivity index (χ1) is 8.60. The van der Waals surface area contributed by atoms with E-state index in [1.165, 1.54) is 24.0 Å². The van der Waals surface area contributed by atoms with Crippen LogP contribution in [0.25, 0.3) is 17.2 Å². The van der Waals surface area contributed by atoms with E-state index in [0.29, 0.717) is 0 Å². The van der Waals surface area contributed by atoms with Crippen molar-refractivity contribution in [1.29, 1.82) is 0 Å². The summed E-state index contributed by atoms with van der Waals surface area (Å²) < 4.78 is 1.87. The van der Waals surface area contributed by atoms with E-state index in [1.807, 2.05) is 11.6 Å². The molecule has 0 aromatic carbocycles. The van der Waals surface area contributed by atoms with Crippen LogP contribution in [0.15, 0.2) is 6.58 Å². The van der Waals surface area contributed by atoms with Crippen LogP contribution >= 0.6 is 0 Å². The van der Waals surface area contributed by atoms with E-state index in [0.717, 1.165) is 28.8 Å². The maximum absolute atomic E-state index is 4.68. The number of aromatic nitrogens is 3. The Morgan fingerprint density at radius 1 is 1.22 bits per heavy atom. The van der Waals surface area contributed by atoms with E-state index in [9.17, 15) is 0 Å². The van der Waals surface area contributed by atoms with Crippen LogP contribution in [0, 0.1) is 20.8 Å². The Bertz CT molecular complexity index is 594. The van der Waals surface area contributed by atoms with Crippen molar-refractivity contribution in [3.05, 3.63) is 29.1 Å². The molecule has 0 atom stereocenters. The normalized spacial score (nSPS) is 11.1. The van der Waals surface area contributed by atoms with Crippen molar-refractivity contribution in [3.63, 3.8) is 0 Å². The van der Waals surface area contributed by atoms with E-state index in [4.69, 9.17) is 0 Å². The van der Waals surface area contributed by atoms with Gasteiger partial charge in [0, 0.05) is 11.9 Å². The molecule has 3 heteroatoms. The molecule has 0 aliphatic rings. The minimum Gasteiger partial charge on any atom is -0.249 e. The van der Waals surface area contributed by atoms with E-state index in [2.05, 4.69) is 37.4 Å². The summed E-state index contributed by atoms with van der Waals surface area (Å²) in [5, 5.41) is 4.50. The summed E-state index contributed by atoms with van der Waals surface area (Å²) in [4.78, 5) is 4.68. The second kappa shape index (κ2) is 4.92. The van der Waals surface area contributed by atoms with Crippen LogP contribution < -0.4 is 0 Å². The molecule has 3 nitrogen and oxygen atoms in total. The number of nitrogens with zero attached hydrogens (tertiary/aromatic N) is 3. The van der Waals surface area contributed by atoms with Crippen molar-refractivity contribution in [2.75, 3.05) is 0 Å². The fourth-order valence-corrected chi connectivity index (χ4v) is 2.39. The number of pyridine rings is 1. The van der Waals surface area contributed by atoms with Crippen molar-refractivity contribution >= 4 is 17.2 Å². The van der Waals surface area contributed by atoms with Gasteiger partial charge in [-0.1, -0.05) is 19.9 Å². The molecule has 0 amide bonds. The molecule has 0 unspecified atom stereocenters. The highest BCUT2D eigenvalue weighted by Crippen LogP contribution is 2.26. The summed E-state index contributed by atoms with van der Waals surface area (Å²) in [5.74, 6) is 0. The first kappa shape index (κ1) is 12.8. The quantitative estimate of drug-likeness (QED) is 0.817. The third-order valence-electron chi connectivity index (χ3n) is 3.57. The maximum Gasteiger partial charge on any atom is 0.112 e. The lowest BCUT2D eigenvalue weighted by atomic mass is 10.0. The molecule has 0 spiro atoms. The number of rotatable bonds is 4. The lowest BCUT2D eigenvalue weighted by molar-refractivity contribution is 0.789. The van der Waals surface area contributed by atoms with Gasteiger partial charge in [0.2, 0.25) is 0 Å². The highest BCUT2D eigenvalue weighted by atomic mass is 15.3. The van der Waals surface area contributed by atoms with Crippen LogP contribution in [0.4, 0.5) is 0 Å². The fraction of sp³-hybridized carbons (Fsp3) is 0.467. The topological polar surface area (TPSA) is 30.7 Å². The van der Waals surface area contributed by atoms with Gasteiger partial charge in [-0.25, -0.2) is 9.67 Å². The van der Waals surface area contributed by atoms with E-state index in [1.54, 1.807) is 6.20 Å². The second-order valence-corrected chi connectivity index (χ2v) is 4.81. The monoisotopic (exact) mass is 243 g/mol. The van der Waals surface area contributed by atoms with Gasteiger partial charge in [0.15, 0.2) is 0 Å². The molecule has 0 bridgehead atoms. The third kappa shape index (κ3) is 1.94. The molecule has 0 saturated carbocycles. The Morgan fingerprint density at radius 2 is 1.94 bits per heavy atom. The molecule has 0 radical (unpaired) electrons. The number of unbranched alkanes of at least 4 members (excludes halogenated alkanes) is 1. The number of aryl methyl sites for hydroxylation is 3. The average molecular weight is 243 g/mol. The lowest BCUT2D eigenvalue weighted by Gasteiger charge is -2.10. The molecule has 96 valence electrons. The van der Waals surface area contributed by atoms with E-state index >= 15 is 0 Å². The molecule has 0 aliphatic carbocycles. The van der Waals surface area contributed by atoms with Gasteiger partial charge < -0.3 is 0 Å². The highest BCUT2D eigenvalue weighted by molar-refractivity contribution is 5.84. The summed E-state index contributed by atoms with van der Waals surface area (Å²) in [6.45, 7) is 12.3. The summed E-state index contributed by atoms with van der Waals surface area (Å²) in [6.07, 6.45) is 5.24. The summed E-state index contributed by atoms with van der Waals surface area (Å²) in [6, 6.07) is 0. The Balaban J connectivity index is 2.77. The Labute approximate surface area is 109 Å². The Hall–Kier alpha value is -1.64. The molecule has 0 aliphatic heterocycles. The SMILES string of the molecule is C=Cn1nc(C)c2nc(C)c(C)c(CCCC)c21. The summed E-state index contributed by atoms with van der Waals surface area (Å²) >= 11 is 0. The minimum absolute atomic E-state index is 0.978. The predicted octanol–water partition coefficient (Wildman–Crippen LogP) is 3.80. The summed E-state index contributed by atoms with van der Waals surface area (Å²) in [7, 11) is 0. The largest absolute Gasteiger partial charge is 0.249 e. The van der Waals surface area contributed by atoms with Crippen LogP contribution in [-0.4, -0.2) is 14.8 Å². The Morgan fingerprint density at radius 3 is 2.56 bits per heavy atom. The first-order valence-electron chi connectivity index (χ1n) is 6.57. The zero-order valence-electron chi connectivity index (χ0n) is 11.7. The zero-order valence-corrected chi connectivity index (χ0v) is 11.7. The van der Waals surface area contributed by atoms with Gasteiger partial charge in [0.25, 0.3) is 0 Å². The average Bonchev–Trinajstić information content (AvgIpc) is 2.67. The maximum atomic E-state index is 4.68. The molecular weight excluding hydrogens is 222 g/mol. The molecule has 0 N–H and O–H groups in total. The van der Waals surface area contributed by atoms with Crippen molar-refractivity contribution in [3.8, 4) is 0 Å². The van der Waals surface area contributed by atoms with E-state index in [-0.39, 0.29) is 0 Å². The highest BCUT2D eigenvalue weighted by Gasteiger charge is 2.15. The fourth-order valence-electron chi connectivity index (χ4n) is 2.39. The molecule has 0 fully saturated rings. The standard InChI is InChI=1S/C15H21N3/c1-6-8-9-13-10(3)11(4)16-14-12(5)17-18(7-2)15(13)14/h7H,2,6,8-9H2,1,3-5H3. The predicted molar refractivity (Wildman–Crippen MR) is 76.7 cm³/mol. The zero-order chi connectivity index (χ0) is 13.3. The van der Waals surface area contributed by atoms with Crippen LogP contribution in [-0.2, 0) is 6.42 Å². The minimum atomic E-state index is 0.978. The molecule has 18 heavy (non-hydrogen) atoms. The third-order valence-corrected chi connectivity index (χ3v) is 3.57. The van der Waals surface area contributed by atoms with Gasteiger partial charge in [-0.3, -0.25) is 0 Å². The second-order valence-electron chi connectivity index (χ2n) is 4.81. The molecule has 2 heterocycles. The van der Waals surface area contributed by atoms with Gasteiger partial charge in [-0.2, -0.15) is 5.10 Å². The van der Waals surface area contributed by atoms with Crippen LogP contribution in [0.1, 0.15) is 42.3 Å². The van der Waals surface area contributed by atoms with Crippen molar-refractivity contribution < 1.29 is 0 Å². The molecule has 0 saturated heterocycles. The van der Waals surface area contributed by atoms with Gasteiger partial charge in [0.05, 0.1) is 11.2 Å². The van der Waals surface area contributed by atoms with Crippen LogP contribution in [0.5, 0.6) is 0 Å². The van der Waals surface area contributed by atoms with Gasteiger partial charge in [-0.05, 0) is 44.7 Å². The molecule has 2 aromatic heterocycles. The van der Waals surface area contributed by atoms with Gasteiger partial charge >= 0.3 is 0 Å². The lowest BCUT2D eigenvalue weighted by Crippen LogP contribution is -2.00. The van der Waals surface area contributed by atoms with Crippen molar-refractivity contribution in [2.45, 2.75) is 47.0 Å². The number of hydrogen-bond acceptors (Lipinski definition) is 2. The van der Waals surface area contributed by atoms with Crippen LogP contribution in [0.3, 0.4) is 0 Å². The van der Waals surface area contributed by atoms with Gasteiger partial charge in [0.1, 0.15) is 5.52 Å². The molecule has 2 rings (SSSR count).